The number of nitrogen functional groups attached to an aromatic ring is 1. The summed E-state index contributed by atoms with van der Waals surface area (Å²) in [6, 6.07) is 3.37. The third-order valence-corrected chi connectivity index (χ3v) is 1.52. The smallest absolute Gasteiger partial charge is 0.146 e. The molecule has 0 amide bonds. The molecule has 4 N–H and O–H groups in total. The highest BCUT2D eigenvalue weighted by Crippen LogP contribution is 2.04. The molecule has 5 nitrogen and oxygen atoms in total. The topological polar surface area (TPSA) is 90.2 Å². The van der Waals surface area contributed by atoms with Gasteiger partial charge in [-0.2, -0.15) is 0 Å². The molecule has 0 saturated carbocycles. The van der Waals surface area contributed by atoms with E-state index in [1.807, 2.05) is 6.92 Å². The molecule has 0 aliphatic rings. The molecular formula is C9H13N5. The molecule has 0 unspecified atom stereocenters. The van der Waals surface area contributed by atoms with E-state index < -0.39 is 0 Å². The molecule has 0 spiro atoms. The van der Waals surface area contributed by atoms with E-state index in [0.29, 0.717) is 17.2 Å². The minimum atomic E-state index is 0.378. The predicted octanol–water partition coefficient (Wildman–Crippen LogP) is 0.449. The zero-order chi connectivity index (χ0) is 10.4. The van der Waals surface area contributed by atoms with E-state index in [2.05, 4.69) is 15.2 Å². The predicted molar refractivity (Wildman–Crippen MR) is 57.6 cm³/mol. The molecule has 1 rings (SSSR count). The summed E-state index contributed by atoms with van der Waals surface area (Å²) in [6.07, 6.45) is 3.33. The minimum absolute atomic E-state index is 0.378. The van der Waals surface area contributed by atoms with E-state index >= 15 is 0 Å². The summed E-state index contributed by atoms with van der Waals surface area (Å²) >= 11 is 0. The van der Waals surface area contributed by atoms with Crippen LogP contribution in [0, 0.1) is 0 Å². The summed E-state index contributed by atoms with van der Waals surface area (Å²) in [7, 11) is 0. The van der Waals surface area contributed by atoms with E-state index in [-0.39, 0.29) is 0 Å². The molecule has 0 aliphatic carbocycles. The molecule has 74 valence electrons. The van der Waals surface area contributed by atoms with E-state index in [1.165, 1.54) is 0 Å². The van der Waals surface area contributed by atoms with E-state index in [1.54, 1.807) is 24.4 Å². The number of aromatic nitrogens is 2. The van der Waals surface area contributed by atoms with Gasteiger partial charge in [-0.15, -0.1) is 10.2 Å². The summed E-state index contributed by atoms with van der Waals surface area (Å²) < 4.78 is 0. The van der Waals surface area contributed by atoms with Gasteiger partial charge in [0.2, 0.25) is 0 Å². The Labute approximate surface area is 82.5 Å². The fourth-order valence-electron chi connectivity index (χ4n) is 0.820. The van der Waals surface area contributed by atoms with Crippen molar-refractivity contribution in [1.29, 1.82) is 0 Å². The number of rotatable bonds is 3. The first-order chi connectivity index (χ1) is 6.74. The molecule has 14 heavy (non-hydrogen) atoms. The van der Waals surface area contributed by atoms with Gasteiger partial charge in [-0.3, -0.25) is 4.99 Å². The fourth-order valence-corrected chi connectivity index (χ4v) is 0.820. The number of hydrogen-bond acceptors (Lipinski definition) is 5. The lowest BCUT2D eigenvalue weighted by Gasteiger charge is -1.97. The highest BCUT2D eigenvalue weighted by Gasteiger charge is 1.96. The first-order valence-corrected chi connectivity index (χ1v) is 4.29. The highest BCUT2D eigenvalue weighted by molar-refractivity contribution is 5.82. The van der Waals surface area contributed by atoms with Gasteiger partial charge >= 0.3 is 0 Å². The third-order valence-electron chi connectivity index (χ3n) is 1.52. The van der Waals surface area contributed by atoms with Gasteiger partial charge in [-0.1, -0.05) is 0 Å². The monoisotopic (exact) mass is 191 g/mol. The van der Waals surface area contributed by atoms with Crippen molar-refractivity contribution in [3.8, 4) is 0 Å². The number of anilines is 1. The van der Waals surface area contributed by atoms with Crippen LogP contribution >= 0.6 is 0 Å². The van der Waals surface area contributed by atoms with Crippen molar-refractivity contribution in [1.82, 2.24) is 10.2 Å². The van der Waals surface area contributed by atoms with Crippen LogP contribution in [0.4, 0.5) is 5.82 Å². The van der Waals surface area contributed by atoms with Crippen LogP contribution in [-0.4, -0.2) is 23.0 Å². The number of nitrogens with two attached hydrogens (primary N) is 2. The molecule has 0 atom stereocenters. The van der Waals surface area contributed by atoms with Crippen LogP contribution in [-0.2, 0) is 0 Å². The van der Waals surface area contributed by atoms with Crippen LogP contribution in [0.3, 0.4) is 0 Å². The van der Waals surface area contributed by atoms with Gasteiger partial charge in [0, 0.05) is 12.8 Å². The summed E-state index contributed by atoms with van der Waals surface area (Å²) in [4.78, 5) is 4.00. The van der Waals surface area contributed by atoms with Crippen molar-refractivity contribution >= 4 is 17.7 Å². The Bertz CT molecular complexity index is 339. The Morgan fingerprint density at radius 2 is 2.29 bits per heavy atom. The maximum Gasteiger partial charge on any atom is 0.146 e. The summed E-state index contributed by atoms with van der Waals surface area (Å²) in [5, 5.41) is 7.52. The summed E-state index contributed by atoms with van der Waals surface area (Å²) in [5.41, 5.74) is 12.2. The second-order valence-electron chi connectivity index (χ2n) is 2.61. The molecule has 0 saturated heterocycles. The Kier molecular flexibility index (Phi) is 3.60. The van der Waals surface area contributed by atoms with E-state index in [4.69, 9.17) is 11.5 Å². The van der Waals surface area contributed by atoms with Crippen molar-refractivity contribution in [3.63, 3.8) is 0 Å². The van der Waals surface area contributed by atoms with Gasteiger partial charge in [0.05, 0.1) is 5.70 Å². The standard InChI is InChI=1S/C9H13N5/c1-2-12-6-5-7(10)8-3-4-9(11)14-13-8/h3-6H,2,10H2,1H3,(H2,11,14). The van der Waals surface area contributed by atoms with Gasteiger partial charge in [-0.05, 0) is 25.1 Å². The molecular weight excluding hydrogens is 178 g/mol. The first-order valence-electron chi connectivity index (χ1n) is 4.29. The van der Waals surface area contributed by atoms with Crippen LogP contribution < -0.4 is 11.5 Å². The van der Waals surface area contributed by atoms with Gasteiger partial charge in [0.1, 0.15) is 11.5 Å². The van der Waals surface area contributed by atoms with Crippen LogP contribution in [0.2, 0.25) is 0 Å². The van der Waals surface area contributed by atoms with Gasteiger partial charge < -0.3 is 11.5 Å². The first kappa shape index (κ1) is 10.2. The lowest BCUT2D eigenvalue weighted by Crippen LogP contribution is -2.02. The lowest BCUT2D eigenvalue weighted by molar-refractivity contribution is 1.02. The largest absolute Gasteiger partial charge is 0.397 e. The molecule has 0 aliphatic heterocycles. The number of nitrogens with zero attached hydrogens (tertiary/aromatic N) is 3. The maximum absolute atomic E-state index is 5.71. The SMILES string of the molecule is CCN=CC=C(N)c1ccc(N)nn1. The molecule has 1 heterocycles. The Balaban J connectivity index is 2.78. The van der Waals surface area contributed by atoms with Crippen LogP contribution in [0.25, 0.3) is 5.70 Å². The summed E-state index contributed by atoms with van der Waals surface area (Å²) in [5.74, 6) is 0.378. The number of aliphatic imine (C=N–C) groups is 1. The highest BCUT2D eigenvalue weighted by atomic mass is 15.1. The third kappa shape index (κ3) is 2.85. The second kappa shape index (κ2) is 4.96. The van der Waals surface area contributed by atoms with Crippen molar-refractivity contribution in [2.24, 2.45) is 10.7 Å². The van der Waals surface area contributed by atoms with Crippen molar-refractivity contribution in [3.05, 3.63) is 23.9 Å². The average Bonchev–Trinajstić information content (AvgIpc) is 2.19. The summed E-state index contributed by atoms with van der Waals surface area (Å²) in [6.45, 7) is 2.68. The molecule has 0 radical (unpaired) electrons. The van der Waals surface area contributed by atoms with Crippen LogP contribution in [0.5, 0.6) is 0 Å². The number of hydrogen-bond donors (Lipinski definition) is 2. The molecule has 0 bridgehead atoms. The van der Waals surface area contributed by atoms with Crippen molar-refractivity contribution in [2.75, 3.05) is 12.3 Å². The van der Waals surface area contributed by atoms with E-state index in [9.17, 15) is 0 Å². The zero-order valence-electron chi connectivity index (χ0n) is 8.01. The molecule has 0 aromatic carbocycles. The molecule has 1 aromatic rings. The maximum atomic E-state index is 5.71. The molecule has 1 aromatic heterocycles. The average molecular weight is 191 g/mol. The molecule has 5 heteroatoms. The van der Waals surface area contributed by atoms with Gasteiger partial charge in [-0.25, -0.2) is 0 Å². The molecule has 0 fully saturated rings. The normalized spacial score (nSPS) is 12.2. The van der Waals surface area contributed by atoms with Gasteiger partial charge in [0.25, 0.3) is 0 Å². The second-order valence-corrected chi connectivity index (χ2v) is 2.61. The zero-order valence-corrected chi connectivity index (χ0v) is 8.01. The minimum Gasteiger partial charge on any atom is -0.397 e. The Morgan fingerprint density at radius 3 is 2.86 bits per heavy atom. The quantitative estimate of drug-likeness (QED) is 0.678. The Morgan fingerprint density at radius 1 is 1.50 bits per heavy atom. The van der Waals surface area contributed by atoms with Crippen molar-refractivity contribution in [2.45, 2.75) is 6.92 Å². The lowest BCUT2D eigenvalue weighted by atomic mass is 10.3. The van der Waals surface area contributed by atoms with Crippen molar-refractivity contribution < 1.29 is 0 Å². The van der Waals surface area contributed by atoms with E-state index in [0.717, 1.165) is 6.54 Å². The van der Waals surface area contributed by atoms with Crippen LogP contribution in [0.1, 0.15) is 12.6 Å². The fraction of sp³-hybridized carbons (Fsp3) is 0.222. The van der Waals surface area contributed by atoms with Gasteiger partial charge in [0.15, 0.2) is 0 Å². The number of allylic oxidation sites excluding steroid dienone is 1. The van der Waals surface area contributed by atoms with Crippen LogP contribution in [0.15, 0.2) is 23.2 Å². The Hall–Kier alpha value is -1.91.